The molecular formula is C21H27ClN2O. The molecule has 0 spiro atoms. The molecular weight excluding hydrogens is 332 g/mol. The summed E-state index contributed by atoms with van der Waals surface area (Å²) in [7, 11) is 0. The van der Waals surface area contributed by atoms with Crippen LogP contribution in [-0.2, 0) is 6.54 Å². The van der Waals surface area contributed by atoms with E-state index in [9.17, 15) is 4.79 Å². The van der Waals surface area contributed by atoms with E-state index in [1.807, 2.05) is 25.1 Å². The smallest absolute Gasteiger partial charge is 0.194 e. The third-order valence-electron chi connectivity index (χ3n) is 6.18. The maximum atomic E-state index is 13.1. The summed E-state index contributed by atoms with van der Waals surface area (Å²) >= 11 is 6.27. The molecule has 1 aromatic carbocycles. The number of hydrogen-bond acceptors (Lipinski definition) is 2. The van der Waals surface area contributed by atoms with Crippen LogP contribution in [0.15, 0.2) is 23.0 Å². The molecule has 1 saturated heterocycles. The molecule has 2 atom stereocenters. The van der Waals surface area contributed by atoms with Crippen molar-refractivity contribution < 1.29 is 0 Å². The second-order valence-corrected chi connectivity index (χ2v) is 9.75. The van der Waals surface area contributed by atoms with Crippen LogP contribution >= 0.6 is 11.6 Å². The van der Waals surface area contributed by atoms with E-state index in [1.165, 1.54) is 19.3 Å². The maximum Gasteiger partial charge on any atom is 0.194 e. The van der Waals surface area contributed by atoms with Crippen molar-refractivity contribution >= 4 is 22.5 Å². The Bertz CT molecular complexity index is 901. The van der Waals surface area contributed by atoms with Crippen molar-refractivity contribution in [3.05, 3.63) is 44.7 Å². The zero-order chi connectivity index (χ0) is 18.0. The molecule has 2 fully saturated rings. The van der Waals surface area contributed by atoms with E-state index in [4.69, 9.17) is 11.6 Å². The third-order valence-corrected chi connectivity index (χ3v) is 6.50. The summed E-state index contributed by atoms with van der Waals surface area (Å²) in [6.45, 7) is 11.0. The first-order chi connectivity index (χ1) is 11.7. The van der Waals surface area contributed by atoms with Crippen LogP contribution in [-0.4, -0.2) is 22.5 Å². The largest absolute Gasteiger partial charge is 0.357 e. The molecule has 1 N–H and O–H groups in total. The Balaban J connectivity index is 1.72. The molecule has 2 bridgehead atoms. The number of aromatic nitrogens is 1. The number of nitrogens with one attached hydrogen (secondary N) is 1. The van der Waals surface area contributed by atoms with Crippen molar-refractivity contribution in [2.45, 2.75) is 59.5 Å². The first-order valence-corrected chi connectivity index (χ1v) is 9.59. The molecule has 25 heavy (non-hydrogen) atoms. The molecule has 3 nitrogen and oxygen atoms in total. The summed E-state index contributed by atoms with van der Waals surface area (Å²) in [6, 6.07) is 6.13. The molecule has 134 valence electrons. The number of aromatic amines is 1. The van der Waals surface area contributed by atoms with Gasteiger partial charge >= 0.3 is 0 Å². The number of aryl methyl sites for hydroxylation is 1. The van der Waals surface area contributed by atoms with Gasteiger partial charge in [0.1, 0.15) is 0 Å². The Morgan fingerprint density at radius 2 is 2.04 bits per heavy atom. The number of H-pyrrole nitrogens is 1. The zero-order valence-corrected chi connectivity index (χ0v) is 16.3. The van der Waals surface area contributed by atoms with Crippen molar-refractivity contribution in [2.75, 3.05) is 6.54 Å². The quantitative estimate of drug-likeness (QED) is 0.829. The van der Waals surface area contributed by atoms with Crippen LogP contribution in [0.2, 0.25) is 5.02 Å². The molecule has 2 aliphatic rings. The predicted octanol–water partition coefficient (Wildman–Crippen LogP) is 4.89. The topological polar surface area (TPSA) is 36.1 Å². The van der Waals surface area contributed by atoms with Gasteiger partial charge in [-0.1, -0.05) is 38.4 Å². The van der Waals surface area contributed by atoms with E-state index in [-0.39, 0.29) is 5.43 Å². The van der Waals surface area contributed by atoms with E-state index in [0.717, 1.165) is 29.9 Å². The summed E-state index contributed by atoms with van der Waals surface area (Å²) in [5.41, 5.74) is 3.49. The first kappa shape index (κ1) is 17.1. The second kappa shape index (κ2) is 5.59. The molecule has 1 saturated carbocycles. The third kappa shape index (κ3) is 2.92. The maximum absolute atomic E-state index is 13.1. The normalized spacial score (nSPS) is 28.6. The van der Waals surface area contributed by atoms with Crippen LogP contribution in [0.1, 0.15) is 51.3 Å². The SMILES string of the molecule is Cc1[nH]c2c(Cl)cccc2c(=O)c1CN1C[C@@]2(C)C[C@@H]1CC(C)(C)C2. The number of hydrogen-bond donors (Lipinski definition) is 1. The molecule has 1 aliphatic heterocycles. The predicted molar refractivity (Wildman–Crippen MR) is 104 cm³/mol. The number of benzene rings is 1. The summed E-state index contributed by atoms with van der Waals surface area (Å²) in [6.07, 6.45) is 3.75. The van der Waals surface area contributed by atoms with E-state index in [0.29, 0.717) is 27.3 Å². The first-order valence-electron chi connectivity index (χ1n) is 9.22. The second-order valence-electron chi connectivity index (χ2n) is 9.34. The summed E-state index contributed by atoms with van der Waals surface area (Å²) < 4.78 is 0. The molecule has 2 heterocycles. The van der Waals surface area contributed by atoms with E-state index in [1.54, 1.807) is 0 Å². The minimum Gasteiger partial charge on any atom is -0.357 e. The average Bonchev–Trinajstić information content (AvgIpc) is 2.73. The van der Waals surface area contributed by atoms with Gasteiger partial charge in [0.25, 0.3) is 0 Å². The highest BCUT2D eigenvalue weighted by Gasteiger charge is 2.49. The molecule has 1 aliphatic carbocycles. The molecule has 4 rings (SSSR count). The van der Waals surface area contributed by atoms with Gasteiger partial charge < -0.3 is 4.98 Å². The monoisotopic (exact) mass is 358 g/mol. The van der Waals surface area contributed by atoms with Gasteiger partial charge in [0, 0.05) is 35.8 Å². The Morgan fingerprint density at radius 1 is 1.28 bits per heavy atom. The molecule has 2 aromatic rings. The molecule has 1 aromatic heterocycles. The van der Waals surface area contributed by atoms with Gasteiger partial charge in [-0.3, -0.25) is 9.69 Å². The van der Waals surface area contributed by atoms with Gasteiger partial charge in [0.15, 0.2) is 5.43 Å². The van der Waals surface area contributed by atoms with Gasteiger partial charge in [0.2, 0.25) is 0 Å². The zero-order valence-electron chi connectivity index (χ0n) is 15.6. The lowest BCUT2D eigenvalue weighted by atomic mass is 9.65. The van der Waals surface area contributed by atoms with Crippen LogP contribution in [0.5, 0.6) is 0 Å². The lowest BCUT2D eigenvalue weighted by Gasteiger charge is -2.40. The van der Waals surface area contributed by atoms with Gasteiger partial charge in [-0.05, 0) is 49.1 Å². The number of para-hydroxylation sites is 1. The molecule has 4 heteroatoms. The Kier molecular flexibility index (Phi) is 3.82. The van der Waals surface area contributed by atoms with Crippen molar-refractivity contribution in [1.29, 1.82) is 0 Å². The highest BCUT2D eigenvalue weighted by molar-refractivity contribution is 6.35. The number of pyridine rings is 1. The Morgan fingerprint density at radius 3 is 2.80 bits per heavy atom. The summed E-state index contributed by atoms with van der Waals surface area (Å²) in [5, 5.41) is 1.30. The van der Waals surface area contributed by atoms with Crippen molar-refractivity contribution in [2.24, 2.45) is 10.8 Å². The fourth-order valence-corrected chi connectivity index (χ4v) is 5.81. The lowest BCUT2D eigenvalue weighted by Crippen LogP contribution is -2.35. The Labute approximate surface area is 154 Å². The highest BCUT2D eigenvalue weighted by atomic mass is 35.5. The average molecular weight is 359 g/mol. The summed E-state index contributed by atoms with van der Waals surface area (Å²) in [4.78, 5) is 19.0. The highest BCUT2D eigenvalue weighted by Crippen LogP contribution is 2.52. The van der Waals surface area contributed by atoms with Crippen LogP contribution in [0, 0.1) is 17.8 Å². The number of likely N-dealkylation sites (tertiary alicyclic amines) is 1. The molecule has 0 unspecified atom stereocenters. The van der Waals surface area contributed by atoms with Gasteiger partial charge in [-0.25, -0.2) is 0 Å². The number of halogens is 1. The van der Waals surface area contributed by atoms with E-state index < -0.39 is 0 Å². The number of rotatable bonds is 2. The standard InChI is InChI=1S/C21H27ClN2O/c1-13-16(19(25)15-6-5-7-17(22)18(15)23-13)10-24-12-21(4)9-14(24)8-20(2,3)11-21/h5-7,14H,8-12H2,1-4H3,(H,23,25)/t14-,21-/m0/s1. The molecule has 0 radical (unpaired) electrons. The van der Waals surface area contributed by atoms with Crippen LogP contribution in [0.3, 0.4) is 0 Å². The van der Waals surface area contributed by atoms with Crippen LogP contribution < -0.4 is 5.43 Å². The number of fused-ring (bicyclic) bond motifs is 3. The van der Waals surface area contributed by atoms with Gasteiger partial charge in [-0.2, -0.15) is 0 Å². The Hall–Kier alpha value is -1.32. The van der Waals surface area contributed by atoms with Crippen molar-refractivity contribution in [3.63, 3.8) is 0 Å². The molecule has 0 amide bonds. The summed E-state index contributed by atoms with van der Waals surface area (Å²) in [5.74, 6) is 0. The fraction of sp³-hybridized carbons (Fsp3) is 0.571. The van der Waals surface area contributed by atoms with Crippen molar-refractivity contribution in [3.8, 4) is 0 Å². The van der Waals surface area contributed by atoms with E-state index >= 15 is 0 Å². The lowest BCUT2D eigenvalue weighted by molar-refractivity contribution is 0.126. The van der Waals surface area contributed by atoms with Crippen molar-refractivity contribution in [1.82, 2.24) is 9.88 Å². The van der Waals surface area contributed by atoms with Gasteiger partial charge in [0.05, 0.1) is 10.5 Å². The van der Waals surface area contributed by atoms with Crippen LogP contribution in [0.25, 0.3) is 10.9 Å². The minimum absolute atomic E-state index is 0.125. The van der Waals surface area contributed by atoms with Crippen LogP contribution in [0.4, 0.5) is 0 Å². The van der Waals surface area contributed by atoms with E-state index in [2.05, 4.69) is 30.7 Å². The minimum atomic E-state index is 0.125. The fourth-order valence-electron chi connectivity index (χ4n) is 5.59. The van der Waals surface area contributed by atoms with Gasteiger partial charge in [-0.15, -0.1) is 0 Å². The number of nitrogens with zero attached hydrogens (tertiary/aromatic N) is 1.